The minimum Gasteiger partial charge on any atom is -0.493 e. The van der Waals surface area contributed by atoms with Gasteiger partial charge in [0.25, 0.3) is 5.91 Å². The molecule has 1 fully saturated rings. The highest BCUT2D eigenvalue weighted by atomic mass is 35.5. The maximum atomic E-state index is 12.7. The van der Waals surface area contributed by atoms with Crippen molar-refractivity contribution >= 4 is 39.0 Å². The van der Waals surface area contributed by atoms with Crippen LogP contribution in [0.5, 0.6) is 5.75 Å². The Morgan fingerprint density at radius 2 is 1.94 bits per heavy atom. The number of nitrogens with zero attached hydrogens (tertiary/aromatic N) is 2. The van der Waals surface area contributed by atoms with Crippen LogP contribution in [-0.4, -0.2) is 37.2 Å². The van der Waals surface area contributed by atoms with Gasteiger partial charge >= 0.3 is 0 Å². The summed E-state index contributed by atoms with van der Waals surface area (Å²) in [4.78, 5) is 20.9. The van der Waals surface area contributed by atoms with Gasteiger partial charge in [0.05, 0.1) is 24.8 Å². The summed E-state index contributed by atoms with van der Waals surface area (Å²) in [6.45, 7) is 0.730. The SMILES string of the molecule is CS(=O)(=O)Nc1nc(-c2cccc(C(=O)Nc3ccc(OCC4CC4)cc3)c2)cnc1Cl. The van der Waals surface area contributed by atoms with Crippen LogP contribution in [0.3, 0.4) is 0 Å². The van der Waals surface area contributed by atoms with Gasteiger partial charge in [0.1, 0.15) is 5.75 Å². The zero-order valence-corrected chi connectivity index (χ0v) is 18.8. The summed E-state index contributed by atoms with van der Waals surface area (Å²) in [6, 6.07) is 14.0. The normalized spacial score (nSPS) is 13.4. The number of sulfonamides is 1. The van der Waals surface area contributed by atoms with Crippen LogP contribution in [0.2, 0.25) is 5.15 Å². The Balaban J connectivity index is 1.47. The van der Waals surface area contributed by atoms with E-state index in [1.54, 1.807) is 36.4 Å². The van der Waals surface area contributed by atoms with E-state index in [1.807, 2.05) is 12.1 Å². The molecular weight excluding hydrogens is 452 g/mol. The third-order valence-electron chi connectivity index (χ3n) is 4.73. The molecule has 2 N–H and O–H groups in total. The second-order valence-corrected chi connectivity index (χ2v) is 9.69. The molecule has 1 aliphatic carbocycles. The molecule has 10 heteroatoms. The standard InChI is InChI=1S/C22H21ClN4O4S/c1-32(29,30)27-21-20(23)24-12-19(26-21)15-3-2-4-16(11-15)22(28)25-17-7-9-18(10-8-17)31-13-14-5-6-14/h2-4,7-12,14H,5-6,13H2,1H3,(H,25,28)(H,26,27). The Morgan fingerprint density at radius 3 is 2.62 bits per heavy atom. The molecule has 8 nitrogen and oxygen atoms in total. The minimum absolute atomic E-state index is 0.0716. The van der Waals surface area contributed by atoms with Gasteiger partial charge in [-0.05, 0) is 55.2 Å². The molecule has 166 valence electrons. The van der Waals surface area contributed by atoms with E-state index >= 15 is 0 Å². The van der Waals surface area contributed by atoms with Gasteiger partial charge in [0.15, 0.2) is 11.0 Å². The molecule has 0 bridgehead atoms. The number of carbonyl (C=O) groups is 1. The average Bonchev–Trinajstić information content (AvgIpc) is 3.58. The average molecular weight is 473 g/mol. The van der Waals surface area contributed by atoms with E-state index in [1.165, 1.54) is 19.0 Å². The monoisotopic (exact) mass is 472 g/mol. The first kappa shape index (κ1) is 22.0. The third kappa shape index (κ3) is 5.95. The molecule has 2 aromatic carbocycles. The van der Waals surface area contributed by atoms with E-state index in [0.717, 1.165) is 18.6 Å². The topological polar surface area (TPSA) is 110 Å². The van der Waals surface area contributed by atoms with Gasteiger partial charge in [0.2, 0.25) is 10.0 Å². The minimum atomic E-state index is -3.57. The largest absolute Gasteiger partial charge is 0.493 e. The van der Waals surface area contributed by atoms with Gasteiger partial charge in [0, 0.05) is 16.8 Å². The van der Waals surface area contributed by atoms with E-state index < -0.39 is 10.0 Å². The van der Waals surface area contributed by atoms with Crippen molar-refractivity contribution in [2.45, 2.75) is 12.8 Å². The van der Waals surface area contributed by atoms with Crippen LogP contribution in [-0.2, 0) is 10.0 Å². The lowest BCUT2D eigenvalue weighted by molar-refractivity contribution is 0.102. The number of amides is 1. The fraction of sp³-hybridized carbons (Fsp3) is 0.227. The lowest BCUT2D eigenvalue weighted by Crippen LogP contribution is -2.13. The van der Waals surface area contributed by atoms with Crippen LogP contribution in [0.25, 0.3) is 11.3 Å². The van der Waals surface area contributed by atoms with Crippen molar-refractivity contribution in [3.63, 3.8) is 0 Å². The molecule has 1 amide bonds. The van der Waals surface area contributed by atoms with Gasteiger partial charge in [-0.15, -0.1) is 0 Å². The summed E-state index contributed by atoms with van der Waals surface area (Å²) in [5.74, 6) is 1.07. The van der Waals surface area contributed by atoms with Gasteiger partial charge in [-0.2, -0.15) is 0 Å². The molecule has 0 spiro atoms. The molecule has 1 aromatic heterocycles. The maximum absolute atomic E-state index is 12.7. The van der Waals surface area contributed by atoms with Gasteiger partial charge in [-0.25, -0.2) is 18.4 Å². The Bertz CT molecular complexity index is 1250. The van der Waals surface area contributed by atoms with Crippen molar-refractivity contribution < 1.29 is 17.9 Å². The maximum Gasteiger partial charge on any atom is 0.255 e. The number of rotatable bonds is 8. The lowest BCUT2D eigenvalue weighted by atomic mass is 10.1. The van der Waals surface area contributed by atoms with Crippen molar-refractivity contribution in [3.05, 3.63) is 65.4 Å². The van der Waals surface area contributed by atoms with Gasteiger partial charge in [-0.3, -0.25) is 9.52 Å². The number of nitrogens with one attached hydrogen (secondary N) is 2. The van der Waals surface area contributed by atoms with Crippen LogP contribution in [0.1, 0.15) is 23.2 Å². The highest BCUT2D eigenvalue weighted by Gasteiger charge is 2.21. The smallest absolute Gasteiger partial charge is 0.255 e. The van der Waals surface area contributed by atoms with Crippen LogP contribution in [0.4, 0.5) is 11.5 Å². The van der Waals surface area contributed by atoms with Crippen molar-refractivity contribution in [2.24, 2.45) is 5.92 Å². The quantitative estimate of drug-likeness (QED) is 0.508. The van der Waals surface area contributed by atoms with E-state index in [0.29, 0.717) is 28.4 Å². The number of anilines is 2. The number of halogens is 1. The van der Waals surface area contributed by atoms with E-state index in [2.05, 4.69) is 20.0 Å². The van der Waals surface area contributed by atoms with Crippen LogP contribution in [0.15, 0.2) is 54.7 Å². The number of aromatic nitrogens is 2. The molecule has 4 rings (SSSR count). The number of benzene rings is 2. The summed E-state index contributed by atoms with van der Waals surface area (Å²) in [5, 5.41) is 2.78. The van der Waals surface area contributed by atoms with Crippen molar-refractivity contribution in [1.82, 2.24) is 9.97 Å². The highest BCUT2D eigenvalue weighted by molar-refractivity contribution is 7.92. The summed E-state index contributed by atoms with van der Waals surface area (Å²) in [5.41, 5.74) is 2.01. The third-order valence-corrected chi connectivity index (χ3v) is 5.57. The molecule has 0 unspecified atom stereocenters. The second-order valence-electron chi connectivity index (χ2n) is 7.58. The fourth-order valence-corrected chi connectivity index (χ4v) is 3.60. The molecule has 0 atom stereocenters. The summed E-state index contributed by atoms with van der Waals surface area (Å²) < 4.78 is 31.0. The number of ether oxygens (including phenoxy) is 1. The summed E-state index contributed by atoms with van der Waals surface area (Å²) in [6.07, 6.45) is 4.86. The van der Waals surface area contributed by atoms with Gasteiger partial charge < -0.3 is 10.1 Å². The molecule has 32 heavy (non-hydrogen) atoms. The summed E-state index contributed by atoms with van der Waals surface area (Å²) in [7, 11) is -3.57. The molecule has 0 radical (unpaired) electrons. The van der Waals surface area contributed by atoms with E-state index in [9.17, 15) is 13.2 Å². The molecule has 0 aliphatic heterocycles. The van der Waals surface area contributed by atoms with Crippen LogP contribution in [0, 0.1) is 5.92 Å². The van der Waals surface area contributed by atoms with Crippen molar-refractivity contribution in [3.8, 4) is 17.0 Å². The van der Waals surface area contributed by atoms with Crippen LogP contribution < -0.4 is 14.8 Å². The zero-order valence-electron chi connectivity index (χ0n) is 17.2. The Morgan fingerprint density at radius 1 is 1.19 bits per heavy atom. The first-order valence-electron chi connectivity index (χ1n) is 9.92. The van der Waals surface area contributed by atoms with Crippen LogP contribution >= 0.6 is 11.6 Å². The van der Waals surface area contributed by atoms with Gasteiger partial charge in [-0.1, -0.05) is 23.7 Å². The lowest BCUT2D eigenvalue weighted by Gasteiger charge is -2.10. The first-order valence-corrected chi connectivity index (χ1v) is 12.2. The Hall–Kier alpha value is -3.17. The predicted octanol–water partition coefficient (Wildman–Crippen LogP) is 4.21. The zero-order chi connectivity index (χ0) is 22.7. The Labute approximate surface area is 191 Å². The molecule has 1 saturated carbocycles. The van der Waals surface area contributed by atoms with Crippen molar-refractivity contribution in [2.75, 3.05) is 22.9 Å². The molecule has 0 saturated heterocycles. The highest BCUT2D eigenvalue weighted by Crippen LogP contribution is 2.30. The first-order chi connectivity index (χ1) is 15.3. The van der Waals surface area contributed by atoms with E-state index in [-0.39, 0.29) is 16.9 Å². The van der Waals surface area contributed by atoms with E-state index in [4.69, 9.17) is 16.3 Å². The number of carbonyl (C=O) groups excluding carboxylic acids is 1. The number of hydrogen-bond acceptors (Lipinski definition) is 6. The molecule has 3 aromatic rings. The number of hydrogen-bond donors (Lipinski definition) is 2. The Kier molecular flexibility index (Phi) is 6.29. The summed E-state index contributed by atoms with van der Waals surface area (Å²) >= 11 is 5.94. The fourth-order valence-electron chi connectivity index (χ4n) is 2.91. The predicted molar refractivity (Wildman–Crippen MR) is 124 cm³/mol. The molecule has 1 aliphatic rings. The molecule has 1 heterocycles. The molecular formula is C22H21ClN4O4S. The second kappa shape index (κ2) is 9.13. The van der Waals surface area contributed by atoms with Crippen molar-refractivity contribution in [1.29, 1.82) is 0 Å².